The molecule has 0 unspecified atom stereocenters. The molecule has 0 spiro atoms. The van der Waals surface area contributed by atoms with Gasteiger partial charge in [0.05, 0.1) is 30.3 Å². The van der Waals surface area contributed by atoms with Crippen molar-refractivity contribution in [2.24, 2.45) is 7.05 Å². The maximum absolute atomic E-state index is 11.6. The Labute approximate surface area is 157 Å². The predicted molar refractivity (Wildman–Crippen MR) is 104 cm³/mol. The summed E-state index contributed by atoms with van der Waals surface area (Å²) in [5.41, 5.74) is 6.04. The lowest BCUT2D eigenvalue weighted by Gasteiger charge is -2.07. The zero-order valence-corrected chi connectivity index (χ0v) is 15.3. The van der Waals surface area contributed by atoms with Gasteiger partial charge in [-0.2, -0.15) is 5.10 Å². The van der Waals surface area contributed by atoms with E-state index in [0.717, 1.165) is 33.4 Å². The number of carbonyl (C=O) groups excluding carboxylic acids is 1. The van der Waals surface area contributed by atoms with Crippen molar-refractivity contribution in [2.75, 3.05) is 6.61 Å². The third-order valence-corrected chi connectivity index (χ3v) is 4.45. The number of carbonyl (C=O) groups is 1. The first-order chi connectivity index (χ1) is 13.1. The number of ether oxygens (including phenoxy) is 1. The molecule has 2 aromatic heterocycles. The fraction of sp³-hybridized carbons (Fsp3) is 0.190. The third kappa shape index (κ3) is 3.46. The highest BCUT2D eigenvalue weighted by Crippen LogP contribution is 2.25. The molecular weight excluding hydrogens is 340 g/mol. The minimum Gasteiger partial charge on any atom is -0.466 e. The van der Waals surface area contributed by atoms with Crippen LogP contribution in [-0.2, 0) is 23.0 Å². The minimum absolute atomic E-state index is 0.207. The molecule has 0 saturated carbocycles. The lowest BCUT2D eigenvalue weighted by Crippen LogP contribution is -2.07. The molecule has 6 nitrogen and oxygen atoms in total. The van der Waals surface area contributed by atoms with Gasteiger partial charge >= 0.3 is 5.97 Å². The van der Waals surface area contributed by atoms with E-state index in [9.17, 15) is 4.79 Å². The van der Waals surface area contributed by atoms with Crippen LogP contribution < -0.4 is 0 Å². The highest BCUT2D eigenvalue weighted by Gasteiger charge is 2.09. The number of fused-ring (bicyclic) bond motifs is 1. The second-order valence-corrected chi connectivity index (χ2v) is 6.37. The van der Waals surface area contributed by atoms with Crippen molar-refractivity contribution in [1.29, 1.82) is 0 Å². The average molecular weight is 360 g/mol. The van der Waals surface area contributed by atoms with Crippen LogP contribution in [0.3, 0.4) is 0 Å². The van der Waals surface area contributed by atoms with Gasteiger partial charge in [0, 0.05) is 24.5 Å². The van der Waals surface area contributed by atoms with Crippen molar-refractivity contribution in [3.8, 4) is 16.8 Å². The Hall–Kier alpha value is -3.41. The fourth-order valence-electron chi connectivity index (χ4n) is 3.12. The number of aromatic nitrogens is 4. The second kappa shape index (κ2) is 7.07. The number of esters is 1. The summed E-state index contributed by atoms with van der Waals surface area (Å²) in [6, 6.07) is 14.1. The van der Waals surface area contributed by atoms with E-state index in [1.165, 1.54) is 0 Å². The van der Waals surface area contributed by atoms with Crippen LogP contribution in [0, 0.1) is 0 Å². The van der Waals surface area contributed by atoms with Gasteiger partial charge < -0.3 is 4.74 Å². The predicted octanol–water partition coefficient (Wildman–Crippen LogP) is 3.53. The van der Waals surface area contributed by atoms with E-state index in [2.05, 4.69) is 28.3 Å². The van der Waals surface area contributed by atoms with Gasteiger partial charge in [-0.3, -0.25) is 14.0 Å². The van der Waals surface area contributed by atoms with Gasteiger partial charge in [0.25, 0.3) is 0 Å². The van der Waals surface area contributed by atoms with Crippen molar-refractivity contribution in [1.82, 2.24) is 19.3 Å². The highest BCUT2D eigenvalue weighted by molar-refractivity contribution is 5.83. The van der Waals surface area contributed by atoms with E-state index in [1.54, 1.807) is 4.68 Å². The summed E-state index contributed by atoms with van der Waals surface area (Å²) in [6.45, 7) is 2.21. The Balaban J connectivity index is 1.61. The van der Waals surface area contributed by atoms with E-state index >= 15 is 0 Å². The molecule has 4 aromatic rings. The minimum atomic E-state index is -0.207. The quantitative estimate of drug-likeness (QED) is 0.511. The normalized spacial score (nSPS) is 11.0. The summed E-state index contributed by atoms with van der Waals surface area (Å²) in [5.74, 6) is -0.207. The van der Waals surface area contributed by atoms with E-state index < -0.39 is 0 Å². The molecule has 0 radical (unpaired) electrons. The van der Waals surface area contributed by atoms with Crippen LogP contribution >= 0.6 is 0 Å². The summed E-state index contributed by atoms with van der Waals surface area (Å²) >= 11 is 0. The Morgan fingerprint density at radius 1 is 1.11 bits per heavy atom. The maximum Gasteiger partial charge on any atom is 0.310 e. The zero-order chi connectivity index (χ0) is 18.8. The molecule has 0 N–H and O–H groups in total. The molecule has 0 aliphatic carbocycles. The number of benzene rings is 2. The molecule has 2 heterocycles. The summed E-state index contributed by atoms with van der Waals surface area (Å²) in [5, 5.41) is 4.22. The smallest absolute Gasteiger partial charge is 0.310 e. The monoisotopic (exact) mass is 360 g/mol. The fourth-order valence-corrected chi connectivity index (χ4v) is 3.12. The van der Waals surface area contributed by atoms with Crippen LogP contribution in [0.5, 0.6) is 0 Å². The van der Waals surface area contributed by atoms with E-state index in [1.807, 2.05) is 61.5 Å². The van der Waals surface area contributed by atoms with Gasteiger partial charge in [-0.1, -0.05) is 18.2 Å². The molecule has 136 valence electrons. The summed E-state index contributed by atoms with van der Waals surface area (Å²) < 4.78 is 8.82. The Morgan fingerprint density at radius 2 is 1.93 bits per heavy atom. The number of nitrogens with zero attached hydrogens (tertiary/aromatic N) is 4. The first kappa shape index (κ1) is 17.0. The van der Waals surface area contributed by atoms with Gasteiger partial charge in [-0.25, -0.2) is 4.98 Å². The zero-order valence-electron chi connectivity index (χ0n) is 15.3. The number of hydrogen-bond acceptors (Lipinski definition) is 4. The first-order valence-electron chi connectivity index (χ1n) is 8.85. The van der Waals surface area contributed by atoms with Crippen molar-refractivity contribution in [2.45, 2.75) is 13.3 Å². The van der Waals surface area contributed by atoms with Gasteiger partial charge in [0.1, 0.15) is 6.33 Å². The van der Waals surface area contributed by atoms with Crippen LogP contribution in [0.2, 0.25) is 0 Å². The average Bonchev–Trinajstić information content (AvgIpc) is 3.28. The number of imidazole rings is 1. The van der Waals surface area contributed by atoms with Gasteiger partial charge in [0.2, 0.25) is 0 Å². The molecule has 0 bridgehead atoms. The molecule has 6 heteroatoms. The standard InChI is InChI=1S/C21H20N4O2/c1-3-27-21(26)10-15-4-7-18(8-5-15)25-14-22-19-11-16(6-9-20(19)25)17-12-23-24(2)13-17/h4-9,11-14H,3,10H2,1-2H3. The van der Waals surface area contributed by atoms with E-state index in [0.29, 0.717) is 6.61 Å². The van der Waals surface area contributed by atoms with Crippen LogP contribution in [0.1, 0.15) is 12.5 Å². The highest BCUT2D eigenvalue weighted by atomic mass is 16.5. The Morgan fingerprint density at radius 3 is 2.63 bits per heavy atom. The summed E-state index contributed by atoms with van der Waals surface area (Å²) in [7, 11) is 1.91. The molecule has 0 atom stereocenters. The van der Waals surface area contributed by atoms with Crippen LogP contribution in [0.15, 0.2) is 61.2 Å². The third-order valence-electron chi connectivity index (χ3n) is 4.45. The van der Waals surface area contributed by atoms with Crippen LogP contribution in [0.4, 0.5) is 0 Å². The lowest BCUT2D eigenvalue weighted by atomic mass is 10.1. The van der Waals surface area contributed by atoms with Crippen molar-refractivity contribution < 1.29 is 9.53 Å². The second-order valence-electron chi connectivity index (χ2n) is 6.37. The Kier molecular flexibility index (Phi) is 4.46. The molecule has 4 rings (SSSR count). The lowest BCUT2D eigenvalue weighted by molar-refractivity contribution is -0.142. The molecular formula is C21H20N4O2. The van der Waals surface area contributed by atoms with E-state index in [4.69, 9.17) is 4.74 Å². The number of rotatable bonds is 5. The largest absolute Gasteiger partial charge is 0.466 e. The number of hydrogen-bond donors (Lipinski definition) is 0. The first-order valence-corrected chi connectivity index (χ1v) is 8.85. The maximum atomic E-state index is 11.6. The van der Waals surface area contributed by atoms with Gasteiger partial charge in [0.15, 0.2) is 0 Å². The van der Waals surface area contributed by atoms with Gasteiger partial charge in [-0.15, -0.1) is 0 Å². The van der Waals surface area contributed by atoms with E-state index in [-0.39, 0.29) is 12.4 Å². The van der Waals surface area contributed by atoms with Crippen molar-refractivity contribution >= 4 is 17.0 Å². The van der Waals surface area contributed by atoms with Gasteiger partial charge in [-0.05, 0) is 42.3 Å². The molecule has 0 fully saturated rings. The molecule has 0 amide bonds. The Bertz CT molecular complexity index is 1090. The molecule has 0 aliphatic heterocycles. The topological polar surface area (TPSA) is 61.9 Å². The van der Waals surface area contributed by atoms with Crippen molar-refractivity contribution in [3.63, 3.8) is 0 Å². The van der Waals surface area contributed by atoms with Crippen LogP contribution in [-0.4, -0.2) is 31.9 Å². The molecule has 0 saturated heterocycles. The SMILES string of the molecule is CCOC(=O)Cc1ccc(-n2cnc3cc(-c4cnn(C)c4)ccc32)cc1. The van der Waals surface area contributed by atoms with Crippen LogP contribution in [0.25, 0.3) is 27.8 Å². The molecule has 27 heavy (non-hydrogen) atoms. The number of aryl methyl sites for hydroxylation is 1. The molecule has 0 aliphatic rings. The summed E-state index contributed by atoms with van der Waals surface area (Å²) in [6.07, 6.45) is 5.94. The van der Waals surface area contributed by atoms with Crippen molar-refractivity contribution in [3.05, 3.63) is 66.7 Å². The molecule has 2 aromatic carbocycles. The summed E-state index contributed by atoms with van der Waals surface area (Å²) in [4.78, 5) is 16.2.